The summed E-state index contributed by atoms with van der Waals surface area (Å²) in [5.74, 6) is 0. The molecule has 3 heterocycles. The maximum Gasteiger partial charge on any atom is 0.205 e. The lowest BCUT2D eigenvalue weighted by Gasteiger charge is -2.01. The average Bonchev–Trinajstić information content (AvgIpc) is 3.22. The molecular formula is C16H13N5S. The van der Waals surface area contributed by atoms with E-state index in [2.05, 4.69) is 43.7 Å². The predicted octanol–water partition coefficient (Wildman–Crippen LogP) is 3.79. The molecule has 4 rings (SSSR count). The number of benzene rings is 1. The Bertz CT molecular complexity index is 926. The van der Waals surface area contributed by atoms with Gasteiger partial charge < -0.3 is 10.3 Å². The van der Waals surface area contributed by atoms with Crippen molar-refractivity contribution in [2.75, 3.05) is 12.4 Å². The molecule has 0 unspecified atom stereocenters. The summed E-state index contributed by atoms with van der Waals surface area (Å²) >= 11 is 1.55. The van der Waals surface area contributed by atoms with Crippen molar-refractivity contribution in [3.8, 4) is 21.7 Å². The number of pyridine rings is 1. The molecule has 0 aliphatic heterocycles. The zero-order valence-electron chi connectivity index (χ0n) is 11.9. The van der Waals surface area contributed by atoms with Crippen LogP contribution in [0, 0.1) is 0 Å². The molecular weight excluding hydrogens is 294 g/mol. The molecule has 0 aliphatic rings. The molecule has 0 fully saturated rings. The highest BCUT2D eigenvalue weighted by molar-refractivity contribution is 7.18. The van der Waals surface area contributed by atoms with Crippen molar-refractivity contribution in [1.82, 2.24) is 20.2 Å². The molecule has 0 saturated heterocycles. The summed E-state index contributed by atoms with van der Waals surface area (Å²) in [5.41, 5.74) is 4.49. The first-order valence-corrected chi connectivity index (χ1v) is 7.70. The van der Waals surface area contributed by atoms with Gasteiger partial charge in [0.25, 0.3) is 0 Å². The van der Waals surface area contributed by atoms with Gasteiger partial charge in [-0.1, -0.05) is 11.3 Å². The van der Waals surface area contributed by atoms with E-state index in [4.69, 9.17) is 0 Å². The molecule has 0 atom stereocenters. The second kappa shape index (κ2) is 5.23. The van der Waals surface area contributed by atoms with Gasteiger partial charge >= 0.3 is 0 Å². The summed E-state index contributed by atoms with van der Waals surface area (Å²) in [6.45, 7) is 0. The summed E-state index contributed by atoms with van der Waals surface area (Å²) in [7, 11) is 1.85. The Labute approximate surface area is 131 Å². The Kier molecular flexibility index (Phi) is 3.08. The van der Waals surface area contributed by atoms with Crippen LogP contribution in [-0.2, 0) is 0 Å². The van der Waals surface area contributed by atoms with Crippen molar-refractivity contribution in [3.63, 3.8) is 0 Å². The monoisotopic (exact) mass is 307 g/mol. The van der Waals surface area contributed by atoms with E-state index in [9.17, 15) is 0 Å². The molecule has 0 spiro atoms. The maximum absolute atomic E-state index is 4.24. The molecule has 6 heteroatoms. The van der Waals surface area contributed by atoms with Crippen molar-refractivity contribution in [3.05, 3.63) is 48.9 Å². The number of H-pyrrole nitrogens is 1. The van der Waals surface area contributed by atoms with Crippen LogP contribution in [0.1, 0.15) is 0 Å². The van der Waals surface area contributed by atoms with Gasteiger partial charge in [0.2, 0.25) is 5.13 Å². The molecule has 3 aromatic heterocycles. The van der Waals surface area contributed by atoms with Crippen LogP contribution in [0.15, 0.2) is 48.9 Å². The van der Waals surface area contributed by atoms with Crippen LogP contribution in [0.4, 0.5) is 5.13 Å². The van der Waals surface area contributed by atoms with E-state index in [1.165, 1.54) is 5.39 Å². The normalized spacial score (nSPS) is 11.0. The number of fused-ring (bicyclic) bond motifs is 1. The molecule has 0 saturated carbocycles. The van der Waals surface area contributed by atoms with Crippen LogP contribution in [0.2, 0.25) is 0 Å². The van der Waals surface area contributed by atoms with Crippen molar-refractivity contribution in [2.45, 2.75) is 0 Å². The zero-order valence-corrected chi connectivity index (χ0v) is 12.7. The topological polar surface area (TPSA) is 66.5 Å². The third-order valence-electron chi connectivity index (χ3n) is 3.56. The minimum atomic E-state index is 0.818. The third kappa shape index (κ3) is 2.14. The number of nitrogens with zero attached hydrogens (tertiary/aromatic N) is 3. The Morgan fingerprint density at radius 1 is 1.05 bits per heavy atom. The average molecular weight is 307 g/mol. The van der Waals surface area contributed by atoms with Crippen molar-refractivity contribution in [2.24, 2.45) is 0 Å². The Morgan fingerprint density at radius 3 is 2.68 bits per heavy atom. The SMILES string of the molecule is CNc1nnc(-c2ccc3[nH]cc(-c4ccncc4)c3c2)s1. The lowest BCUT2D eigenvalue weighted by Crippen LogP contribution is -1.84. The number of aromatic nitrogens is 4. The van der Waals surface area contributed by atoms with Gasteiger partial charge in [0.15, 0.2) is 0 Å². The van der Waals surface area contributed by atoms with Crippen LogP contribution < -0.4 is 5.32 Å². The van der Waals surface area contributed by atoms with Crippen molar-refractivity contribution >= 4 is 27.4 Å². The quantitative estimate of drug-likeness (QED) is 0.604. The third-order valence-corrected chi connectivity index (χ3v) is 4.55. The summed E-state index contributed by atoms with van der Waals surface area (Å²) in [5, 5.41) is 14.3. The number of rotatable bonds is 3. The van der Waals surface area contributed by atoms with Crippen LogP contribution in [0.5, 0.6) is 0 Å². The van der Waals surface area contributed by atoms with Gasteiger partial charge in [0, 0.05) is 47.7 Å². The second-order valence-electron chi connectivity index (χ2n) is 4.86. The van der Waals surface area contributed by atoms with Gasteiger partial charge in [-0.25, -0.2) is 0 Å². The Balaban J connectivity index is 1.86. The highest BCUT2D eigenvalue weighted by Gasteiger charge is 2.10. The number of anilines is 1. The molecule has 2 N–H and O–H groups in total. The van der Waals surface area contributed by atoms with Crippen LogP contribution >= 0.6 is 11.3 Å². The van der Waals surface area contributed by atoms with Crippen LogP contribution in [0.3, 0.4) is 0 Å². The fourth-order valence-electron chi connectivity index (χ4n) is 2.46. The first-order valence-electron chi connectivity index (χ1n) is 6.88. The van der Waals surface area contributed by atoms with E-state index >= 15 is 0 Å². The molecule has 4 aromatic rings. The van der Waals surface area contributed by atoms with E-state index in [1.54, 1.807) is 11.3 Å². The molecule has 0 bridgehead atoms. The standard InChI is InChI=1S/C16H13N5S/c1-17-16-21-20-15(22-16)11-2-3-14-12(8-11)13(9-19-14)10-4-6-18-7-5-10/h2-9,19H,1H3,(H,17,21). The fourth-order valence-corrected chi connectivity index (χ4v) is 3.16. The second-order valence-corrected chi connectivity index (χ2v) is 5.84. The summed E-state index contributed by atoms with van der Waals surface area (Å²) in [4.78, 5) is 7.40. The van der Waals surface area contributed by atoms with Gasteiger partial charge in [0.1, 0.15) is 5.01 Å². The minimum absolute atomic E-state index is 0.818. The van der Waals surface area contributed by atoms with Crippen LogP contribution in [-0.4, -0.2) is 27.2 Å². The van der Waals surface area contributed by atoms with Gasteiger partial charge in [-0.2, -0.15) is 0 Å². The summed E-state index contributed by atoms with van der Waals surface area (Å²) in [6.07, 6.45) is 5.65. The molecule has 0 aliphatic carbocycles. The number of hydrogen-bond donors (Lipinski definition) is 2. The zero-order chi connectivity index (χ0) is 14.9. The summed E-state index contributed by atoms with van der Waals surface area (Å²) < 4.78 is 0. The molecule has 0 radical (unpaired) electrons. The number of nitrogens with one attached hydrogen (secondary N) is 2. The lowest BCUT2D eigenvalue weighted by atomic mass is 10.0. The van der Waals surface area contributed by atoms with Crippen molar-refractivity contribution in [1.29, 1.82) is 0 Å². The molecule has 5 nitrogen and oxygen atoms in total. The molecule has 108 valence electrons. The molecule has 22 heavy (non-hydrogen) atoms. The number of aromatic amines is 1. The van der Waals surface area contributed by atoms with Gasteiger partial charge in [-0.3, -0.25) is 4.98 Å². The van der Waals surface area contributed by atoms with E-state index in [0.717, 1.165) is 32.3 Å². The van der Waals surface area contributed by atoms with E-state index < -0.39 is 0 Å². The van der Waals surface area contributed by atoms with E-state index in [-0.39, 0.29) is 0 Å². The molecule has 1 aromatic carbocycles. The Hall–Kier alpha value is -2.73. The largest absolute Gasteiger partial charge is 0.363 e. The van der Waals surface area contributed by atoms with Gasteiger partial charge in [-0.15, -0.1) is 10.2 Å². The van der Waals surface area contributed by atoms with Crippen LogP contribution in [0.25, 0.3) is 32.6 Å². The van der Waals surface area contributed by atoms with Gasteiger partial charge in [-0.05, 0) is 35.9 Å². The highest BCUT2D eigenvalue weighted by atomic mass is 32.1. The van der Waals surface area contributed by atoms with E-state index in [0.29, 0.717) is 0 Å². The van der Waals surface area contributed by atoms with E-state index in [1.807, 2.05) is 37.8 Å². The predicted molar refractivity (Wildman–Crippen MR) is 90.0 cm³/mol. The first kappa shape index (κ1) is 13.0. The first-order chi connectivity index (χ1) is 10.8. The lowest BCUT2D eigenvalue weighted by molar-refractivity contribution is 1.09. The molecule has 0 amide bonds. The fraction of sp³-hybridized carbons (Fsp3) is 0.0625. The van der Waals surface area contributed by atoms with Gasteiger partial charge in [0.05, 0.1) is 0 Å². The summed E-state index contributed by atoms with van der Waals surface area (Å²) in [6, 6.07) is 10.3. The minimum Gasteiger partial charge on any atom is -0.363 e. The number of hydrogen-bond acceptors (Lipinski definition) is 5. The Morgan fingerprint density at radius 2 is 1.91 bits per heavy atom. The smallest absolute Gasteiger partial charge is 0.205 e. The maximum atomic E-state index is 4.24. The van der Waals surface area contributed by atoms with Crippen molar-refractivity contribution < 1.29 is 0 Å². The highest BCUT2D eigenvalue weighted by Crippen LogP contribution is 2.33.